The van der Waals surface area contributed by atoms with Gasteiger partial charge >= 0.3 is 0 Å². The summed E-state index contributed by atoms with van der Waals surface area (Å²) in [7, 11) is 0. The highest BCUT2D eigenvalue weighted by atomic mass is 16.4. The van der Waals surface area contributed by atoms with Crippen molar-refractivity contribution in [2.45, 2.75) is 18.9 Å². The van der Waals surface area contributed by atoms with Crippen LogP contribution in [0.2, 0.25) is 0 Å². The number of hydrogen-bond acceptors (Lipinski definition) is 9. The topological polar surface area (TPSA) is 145 Å². The van der Waals surface area contributed by atoms with Gasteiger partial charge < -0.3 is 21.6 Å². The van der Waals surface area contributed by atoms with E-state index in [1.165, 1.54) is 6.33 Å². The van der Waals surface area contributed by atoms with E-state index >= 15 is 0 Å². The monoisotopic (exact) mass is 340 g/mol. The van der Waals surface area contributed by atoms with Gasteiger partial charge in [0.15, 0.2) is 11.4 Å². The van der Waals surface area contributed by atoms with Crippen molar-refractivity contribution in [2.75, 3.05) is 29.6 Å². The summed E-state index contributed by atoms with van der Waals surface area (Å²) in [4.78, 5) is 12.8. The molecular formula is C16H20N8O. The van der Waals surface area contributed by atoms with Crippen molar-refractivity contribution in [3.63, 3.8) is 0 Å². The molecule has 7 N–H and O–H groups in total. The van der Waals surface area contributed by atoms with E-state index in [9.17, 15) is 0 Å². The second kappa shape index (κ2) is 6.19. The summed E-state index contributed by atoms with van der Waals surface area (Å²) in [5.74, 6) is 1.26. The van der Waals surface area contributed by atoms with E-state index in [2.05, 4.69) is 20.4 Å². The van der Waals surface area contributed by atoms with E-state index in [-0.39, 0.29) is 12.1 Å². The van der Waals surface area contributed by atoms with Crippen molar-refractivity contribution in [3.05, 3.63) is 35.7 Å². The van der Waals surface area contributed by atoms with Crippen LogP contribution in [-0.2, 0) is 0 Å². The van der Waals surface area contributed by atoms with Gasteiger partial charge in [-0.1, -0.05) is 6.07 Å². The quantitative estimate of drug-likeness (QED) is 0.498. The number of rotatable bonds is 5. The van der Waals surface area contributed by atoms with Crippen LogP contribution in [-0.4, -0.2) is 28.0 Å². The molecule has 9 heteroatoms. The lowest BCUT2D eigenvalue weighted by Gasteiger charge is -2.19. The molecule has 25 heavy (non-hydrogen) atoms. The molecule has 0 saturated carbocycles. The Balaban J connectivity index is 1.71. The Morgan fingerprint density at radius 2 is 2.08 bits per heavy atom. The first kappa shape index (κ1) is 15.6. The van der Waals surface area contributed by atoms with Crippen molar-refractivity contribution < 1.29 is 4.42 Å². The Hall–Kier alpha value is -2.91. The van der Waals surface area contributed by atoms with Crippen molar-refractivity contribution >= 4 is 28.8 Å². The number of unbranched alkanes of at least 4 members (excludes halogenated alkanes) is 1. The third kappa shape index (κ3) is 2.73. The van der Waals surface area contributed by atoms with Gasteiger partial charge in [0.05, 0.1) is 11.6 Å². The second-order valence-corrected chi connectivity index (χ2v) is 5.98. The minimum absolute atomic E-state index is 0.151. The Morgan fingerprint density at radius 3 is 2.92 bits per heavy atom. The Kier molecular flexibility index (Phi) is 3.86. The second-order valence-electron chi connectivity index (χ2n) is 5.98. The first-order valence-corrected chi connectivity index (χ1v) is 8.17. The Labute approximate surface area is 144 Å². The average Bonchev–Trinajstić information content (AvgIpc) is 3.15. The van der Waals surface area contributed by atoms with E-state index in [1.54, 1.807) is 0 Å². The van der Waals surface area contributed by atoms with Crippen LogP contribution in [0.15, 0.2) is 28.9 Å². The van der Waals surface area contributed by atoms with Gasteiger partial charge in [0, 0.05) is 6.54 Å². The van der Waals surface area contributed by atoms with Crippen LogP contribution in [0.25, 0.3) is 11.1 Å². The number of nitrogens with one attached hydrogen (secondary N) is 1. The summed E-state index contributed by atoms with van der Waals surface area (Å²) in [5, 5.41) is 2.01. The van der Waals surface area contributed by atoms with E-state index in [0.717, 1.165) is 36.3 Å². The summed E-state index contributed by atoms with van der Waals surface area (Å²) in [5.41, 5.74) is 24.0. The molecule has 1 aliphatic rings. The maximum absolute atomic E-state index is 6.14. The number of nitrogen functional groups attached to an aromatic ring is 2. The number of oxazole rings is 1. The molecule has 0 radical (unpaired) electrons. The van der Waals surface area contributed by atoms with Crippen LogP contribution >= 0.6 is 0 Å². The molecule has 0 saturated heterocycles. The van der Waals surface area contributed by atoms with Crippen molar-refractivity contribution in [3.8, 4) is 0 Å². The van der Waals surface area contributed by atoms with Crippen molar-refractivity contribution in [1.29, 1.82) is 0 Å². The molecule has 1 unspecified atom stereocenters. The molecule has 3 aromatic rings. The number of nitrogens with two attached hydrogens (primary N) is 3. The molecule has 1 aliphatic heterocycles. The maximum Gasteiger partial charge on any atom is 0.292 e. The molecule has 0 bridgehead atoms. The molecule has 4 rings (SSSR count). The minimum atomic E-state index is -0.156. The number of hydrogen-bond donors (Lipinski definition) is 4. The van der Waals surface area contributed by atoms with Crippen molar-refractivity contribution in [2.24, 2.45) is 5.73 Å². The maximum atomic E-state index is 6.14. The van der Waals surface area contributed by atoms with Crippen LogP contribution in [0, 0.1) is 0 Å². The van der Waals surface area contributed by atoms with Gasteiger partial charge in [-0.05, 0) is 37.1 Å². The van der Waals surface area contributed by atoms with Crippen LogP contribution in [0.5, 0.6) is 0 Å². The number of nitrogens with zero attached hydrogens (tertiary/aromatic N) is 4. The van der Waals surface area contributed by atoms with Gasteiger partial charge in [-0.25, -0.2) is 15.4 Å². The van der Waals surface area contributed by atoms with Gasteiger partial charge in [-0.2, -0.15) is 4.98 Å². The Morgan fingerprint density at radius 1 is 1.20 bits per heavy atom. The summed E-state index contributed by atoms with van der Waals surface area (Å²) in [6, 6.07) is 5.75. The lowest BCUT2D eigenvalue weighted by atomic mass is 10.0. The molecule has 1 atom stereocenters. The van der Waals surface area contributed by atoms with Gasteiger partial charge in [-0.3, -0.25) is 5.01 Å². The number of aromatic nitrogens is 3. The van der Waals surface area contributed by atoms with Crippen LogP contribution in [0.4, 0.5) is 17.7 Å². The molecule has 0 aliphatic carbocycles. The minimum Gasteiger partial charge on any atom is -0.424 e. The van der Waals surface area contributed by atoms with Crippen LogP contribution in [0.1, 0.15) is 30.0 Å². The fourth-order valence-electron chi connectivity index (χ4n) is 3.14. The number of benzene rings is 1. The lowest BCUT2D eigenvalue weighted by molar-refractivity contribution is 0.580. The molecular weight excluding hydrogens is 320 g/mol. The SMILES string of the molecule is NCCCCN1NC(c2ccc3oc(N)nc3c2)c2c(N)ncnc21. The summed E-state index contributed by atoms with van der Waals surface area (Å²) in [6.07, 6.45) is 3.39. The van der Waals surface area contributed by atoms with E-state index in [1.807, 2.05) is 23.2 Å². The number of anilines is 3. The molecule has 0 fully saturated rings. The summed E-state index contributed by atoms with van der Waals surface area (Å²) < 4.78 is 5.34. The Bertz CT molecular complexity index is 908. The highest BCUT2D eigenvalue weighted by molar-refractivity contribution is 5.76. The lowest BCUT2D eigenvalue weighted by Crippen LogP contribution is -2.36. The molecule has 9 nitrogen and oxygen atoms in total. The molecule has 3 heterocycles. The molecule has 1 aromatic carbocycles. The third-order valence-corrected chi connectivity index (χ3v) is 4.32. The zero-order valence-electron chi connectivity index (χ0n) is 13.6. The molecule has 0 spiro atoms. The van der Waals surface area contributed by atoms with Gasteiger partial charge in [0.1, 0.15) is 17.7 Å². The van der Waals surface area contributed by atoms with Crippen LogP contribution < -0.4 is 27.6 Å². The predicted molar refractivity (Wildman–Crippen MR) is 95.5 cm³/mol. The number of hydrazine groups is 1. The highest BCUT2D eigenvalue weighted by Gasteiger charge is 2.33. The fourth-order valence-corrected chi connectivity index (χ4v) is 3.14. The predicted octanol–water partition coefficient (Wildman–Crippen LogP) is 0.935. The summed E-state index contributed by atoms with van der Waals surface area (Å²) >= 11 is 0. The fraction of sp³-hybridized carbons (Fsp3) is 0.312. The van der Waals surface area contributed by atoms with Gasteiger partial charge in [-0.15, -0.1) is 0 Å². The molecule has 130 valence electrons. The standard InChI is InChI=1S/C16H20N8O/c17-5-1-2-6-24-15-12(14(18)20-8-21-15)13(23-24)9-3-4-11-10(7-9)22-16(19)25-11/h3-4,7-8,13,23H,1-2,5-6,17H2,(H2,19,22)(H2,18,20,21). The average molecular weight is 340 g/mol. The van der Waals surface area contributed by atoms with Crippen LogP contribution in [0.3, 0.4) is 0 Å². The smallest absolute Gasteiger partial charge is 0.292 e. The van der Waals surface area contributed by atoms with Crippen molar-refractivity contribution in [1.82, 2.24) is 20.4 Å². The molecule has 2 aromatic heterocycles. The zero-order valence-corrected chi connectivity index (χ0v) is 13.6. The zero-order chi connectivity index (χ0) is 17.4. The first-order chi connectivity index (χ1) is 12.2. The largest absolute Gasteiger partial charge is 0.424 e. The van der Waals surface area contributed by atoms with E-state index in [0.29, 0.717) is 23.5 Å². The number of fused-ring (bicyclic) bond motifs is 2. The summed E-state index contributed by atoms with van der Waals surface area (Å²) in [6.45, 7) is 1.45. The normalized spacial score (nSPS) is 16.5. The molecule has 0 amide bonds. The van der Waals surface area contributed by atoms with Gasteiger partial charge in [0.25, 0.3) is 6.01 Å². The first-order valence-electron chi connectivity index (χ1n) is 8.17. The van der Waals surface area contributed by atoms with E-state index in [4.69, 9.17) is 21.6 Å². The third-order valence-electron chi connectivity index (χ3n) is 4.32. The van der Waals surface area contributed by atoms with E-state index < -0.39 is 0 Å². The highest BCUT2D eigenvalue weighted by Crippen LogP contribution is 2.38. The van der Waals surface area contributed by atoms with Gasteiger partial charge in [0.2, 0.25) is 0 Å².